The molecule has 7 nitrogen and oxygen atoms in total. The summed E-state index contributed by atoms with van der Waals surface area (Å²) in [5.41, 5.74) is 1.53. The van der Waals surface area contributed by atoms with Crippen LogP contribution in [-0.2, 0) is 17.8 Å². The number of hydrogen-bond donors (Lipinski definition) is 1. The molecule has 3 heterocycles. The van der Waals surface area contributed by atoms with Gasteiger partial charge in [0, 0.05) is 35.6 Å². The molecule has 0 fully saturated rings. The van der Waals surface area contributed by atoms with Crippen molar-refractivity contribution in [3.8, 4) is 17.3 Å². The molecule has 152 valence electrons. The lowest BCUT2D eigenvalue weighted by Gasteiger charge is -2.13. The maximum Gasteiger partial charge on any atom is 0.226 e. The number of rotatable bonds is 6. The Kier molecular flexibility index (Phi) is 5.53. The maximum absolute atomic E-state index is 14.0. The molecule has 0 unspecified atom stereocenters. The molecule has 1 amide bonds. The quantitative estimate of drug-likeness (QED) is 0.493. The Labute approximate surface area is 180 Å². The number of benzene rings is 1. The number of nitrogens with zero attached hydrogens (tertiary/aromatic N) is 5. The fraction of sp³-hybridized carbons (Fsp3) is 0.200. The van der Waals surface area contributed by atoms with Crippen LogP contribution in [0, 0.1) is 17.1 Å². The SMILES string of the molecule is C[C@@H](Cn1ccc(-c2cc(F)c(C#N)c(Cl)c2)n1)NC(=O)Cc1cn2ccsc2n1. The van der Waals surface area contributed by atoms with Gasteiger partial charge in [-0.2, -0.15) is 10.4 Å². The van der Waals surface area contributed by atoms with Gasteiger partial charge in [0.1, 0.15) is 17.4 Å². The molecule has 30 heavy (non-hydrogen) atoms. The van der Waals surface area contributed by atoms with Gasteiger partial charge in [-0.15, -0.1) is 11.3 Å². The van der Waals surface area contributed by atoms with E-state index in [1.54, 1.807) is 23.0 Å². The fourth-order valence-electron chi connectivity index (χ4n) is 3.12. The molecule has 4 aromatic rings. The van der Waals surface area contributed by atoms with Crippen LogP contribution in [0.2, 0.25) is 5.02 Å². The van der Waals surface area contributed by atoms with E-state index in [1.165, 1.54) is 23.5 Å². The summed E-state index contributed by atoms with van der Waals surface area (Å²) in [7, 11) is 0. The summed E-state index contributed by atoms with van der Waals surface area (Å²) in [6.07, 6.45) is 5.69. The zero-order valence-electron chi connectivity index (χ0n) is 15.8. The van der Waals surface area contributed by atoms with Crippen molar-refractivity contribution in [2.24, 2.45) is 0 Å². The second-order valence-corrected chi connectivity index (χ2v) is 8.10. The molecule has 0 aliphatic carbocycles. The highest BCUT2D eigenvalue weighted by Gasteiger charge is 2.14. The third-order valence-electron chi connectivity index (χ3n) is 4.44. The Morgan fingerprint density at radius 2 is 2.27 bits per heavy atom. The Bertz CT molecular complexity index is 1220. The van der Waals surface area contributed by atoms with Gasteiger partial charge in [0.15, 0.2) is 4.96 Å². The minimum Gasteiger partial charge on any atom is -0.351 e. The Balaban J connectivity index is 1.38. The lowest BCUT2D eigenvalue weighted by Crippen LogP contribution is -2.36. The third kappa shape index (κ3) is 4.20. The number of halogens is 2. The van der Waals surface area contributed by atoms with E-state index in [0.29, 0.717) is 23.5 Å². The Morgan fingerprint density at radius 1 is 1.43 bits per heavy atom. The molecule has 0 aliphatic heterocycles. The standard InChI is InChI=1S/C20H16ClFN6OS/c1-12(24-19(29)8-14-11-27-4-5-30-20(27)25-14)10-28-3-2-18(26-28)13-6-16(21)15(9-23)17(22)7-13/h2-7,11-12H,8,10H2,1H3,(H,24,29)/t12-/m0/s1. The van der Waals surface area contributed by atoms with E-state index in [1.807, 2.05) is 29.1 Å². The second kappa shape index (κ2) is 8.26. The molecular formula is C20H16ClFN6OS. The summed E-state index contributed by atoms with van der Waals surface area (Å²) in [6.45, 7) is 2.32. The monoisotopic (exact) mass is 442 g/mol. The van der Waals surface area contributed by atoms with Crippen LogP contribution in [0.3, 0.4) is 0 Å². The van der Waals surface area contributed by atoms with E-state index in [9.17, 15) is 9.18 Å². The minimum absolute atomic E-state index is 0.0434. The van der Waals surface area contributed by atoms with Crippen molar-refractivity contribution in [2.45, 2.75) is 25.9 Å². The Hall–Kier alpha value is -3.22. The minimum atomic E-state index is -0.686. The molecule has 0 bridgehead atoms. The first-order valence-corrected chi connectivity index (χ1v) is 10.3. The van der Waals surface area contributed by atoms with Crippen molar-refractivity contribution >= 4 is 33.8 Å². The summed E-state index contributed by atoms with van der Waals surface area (Å²) in [5.74, 6) is -0.809. The lowest BCUT2D eigenvalue weighted by atomic mass is 10.1. The van der Waals surface area contributed by atoms with Crippen LogP contribution >= 0.6 is 22.9 Å². The number of hydrogen-bond acceptors (Lipinski definition) is 5. The number of nitrogens with one attached hydrogen (secondary N) is 1. The van der Waals surface area contributed by atoms with Crippen LogP contribution in [-0.4, -0.2) is 31.1 Å². The highest BCUT2D eigenvalue weighted by molar-refractivity contribution is 7.15. The molecule has 3 aromatic heterocycles. The number of amides is 1. The highest BCUT2D eigenvalue weighted by atomic mass is 35.5. The Morgan fingerprint density at radius 3 is 3.00 bits per heavy atom. The molecule has 0 spiro atoms. The molecule has 0 saturated heterocycles. The van der Waals surface area contributed by atoms with E-state index < -0.39 is 5.82 Å². The topological polar surface area (TPSA) is 88.0 Å². The summed E-state index contributed by atoms with van der Waals surface area (Å²) in [5, 5.41) is 18.2. The number of carbonyl (C=O) groups is 1. The summed E-state index contributed by atoms with van der Waals surface area (Å²) in [4.78, 5) is 17.6. The van der Waals surface area contributed by atoms with Crippen molar-refractivity contribution in [1.29, 1.82) is 5.26 Å². The van der Waals surface area contributed by atoms with E-state index in [-0.39, 0.29) is 29.0 Å². The number of carbonyl (C=O) groups excluding carboxylic acids is 1. The van der Waals surface area contributed by atoms with Gasteiger partial charge < -0.3 is 5.32 Å². The average Bonchev–Trinajstić information content (AvgIpc) is 3.37. The van der Waals surface area contributed by atoms with Gasteiger partial charge in [0.2, 0.25) is 5.91 Å². The van der Waals surface area contributed by atoms with Crippen molar-refractivity contribution in [3.63, 3.8) is 0 Å². The number of aromatic nitrogens is 4. The molecule has 10 heteroatoms. The normalized spacial score (nSPS) is 12.1. The van der Waals surface area contributed by atoms with Crippen LogP contribution in [0.5, 0.6) is 0 Å². The first-order valence-electron chi connectivity index (χ1n) is 9.06. The van der Waals surface area contributed by atoms with Crippen LogP contribution < -0.4 is 5.32 Å². The van der Waals surface area contributed by atoms with Crippen molar-refractivity contribution < 1.29 is 9.18 Å². The molecule has 4 rings (SSSR count). The maximum atomic E-state index is 14.0. The third-order valence-corrected chi connectivity index (χ3v) is 5.51. The van der Waals surface area contributed by atoms with Gasteiger partial charge in [-0.1, -0.05) is 11.6 Å². The van der Waals surface area contributed by atoms with E-state index in [2.05, 4.69) is 15.4 Å². The van der Waals surface area contributed by atoms with E-state index >= 15 is 0 Å². The van der Waals surface area contributed by atoms with Crippen LogP contribution in [0.15, 0.2) is 42.2 Å². The average molecular weight is 443 g/mol. The molecule has 0 radical (unpaired) electrons. The van der Waals surface area contributed by atoms with E-state index in [4.69, 9.17) is 16.9 Å². The number of imidazole rings is 1. The van der Waals surface area contributed by atoms with E-state index in [0.717, 1.165) is 4.96 Å². The van der Waals surface area contributed by atoms with Gasteiger partial charge >= 0.3 is 0 Å². The predicted octanol–water partition coefficient (Wildman–Crippen LogP) is 3.67. The van der Waals surface area contributed by atoms with Gasteiger partial charge in [-0.3, -0.25) is 13.9 Å². The highest BCUT2D eigenvalue weighted by Crippen LogP contribution is 2.26. The largest absolute Gasteiger partial charge is 0.351 e. The van der Waals surface area contributed by atoms with Crippen molar-refractivity contribution in [2.75, 3.05) is 0 Å². The smallest absolute Gasteiger partial charge is 0.226 e. The molecule has 1 aromatic carbocycles. The van der Waals surface area contributed by atoms with Crippen molar-refractivity contribution in [3.05, 3.63) is 64.3 Å². The lowest BCUT2D eigenvalue weighted by molar-refractivity contribution is -0.121. The second-order valence-electron chi connectivity index (χ2n) is 6.82. The molecular weight excluding hydrogens is 427 g/mol. The number of nitriles is 1. The number of thiazole rings is 1. The van der Waals surface area contributed by atoms with Gasteiger partial charge in [-0.25, -0.2) is 9.37 Å². The summed E-state index contributed by atoms with van der Waals surface area (Å²) in [6, 6.07) is 6.04. The first kappa shape index (κ1) is 20.1. The first-order chi connectivity index (χ1) is 14.4. The van der Waals surface area contributed by atoms with Crippen molar-refractivity contribution in [1.82, 2.24) is 24.5 Å². The fourth-order valence-corrected chi connectivity index (χ4v) is 4.09. The molecule has 1 N–H and O–H groups in total. The molecule has 1 atom stereocenters. The van der Waals surface area contributed by atoms with Gasteiger partial charge in [0.25, 0.3) is 0 Å². The predicted molar refractivity (Wildman–Crippen MR) is 112 cm³/mol. The van der Waals surface area contributed by atoms with Crippen LogP contribution in [0.25, 0.3) is 16.2 Å². The zero-order valence-corrected chi connectivity index (χ0v) is 17.4. The summed E-state index contributed by atoms with van der Waals surface area (Å²) < 4.78 is 17.5. The van der Waals surface area contributed by atoms with Gasteiger partial charge in [0.05, 0.1) is 29.4 Å². The number of fused-ring (bicyclic) bond motifs is 1. The molecule has 0 saturated carbocycles. The summed E-state index contributed by atoms with van der Waals surface area (Å²) >= 11 is 7.48. The molecule has 0 aliphatic rings. The van der Waals surface area contributed by atoms with Crippen LogP contribution in [0.1, 0.15) is 18.2 Å². The van der Waals surface area contributed by atoms with Gasteiger partial charge in [-0.05, 0) is 25.1 Å². The zero-order chi connectivity index (χ0) is 21.3. The van der Waals surface area contributed by atoms with Crippen LogP contribution in [0.4, 0.5) is 4.39 Å².